The molecule has 5 nitrogen and oxygen atoms in total. The Hall–Kier alpha value is -2.14. The van der Waals surface area contributed by atoms with Gasteiger partial charge in [0.2, 0.25) is 0 Å². The van der Waals surface area contributed by atoms with Crippen LogP contribution in [0.5, 0.6) is 0 Å². The first kappa shape index (κ1) is 12.9. The van der Waals surface area contributed by atoms with Crippen molar-refractivity contribution < 1.29 is 0 Å². The minimum absolute atomic E-state index is 0.0640. The molecule has 0 spiro atoms. The maximum absolute atomic E-state index is 12.3. The summed E-state index contributed by atoms with van der Waals surface area (Å²) in [6.45, 7) is 1.41. The molecule has 0 radical (unpaired) electrons. The van der Waals surface area contributed by atoms with Gasteiger partial charge in [-0.3, -0.25) is 4.57 Å². The molecule has 20 heavy (non-hydrogen) atoms. The molecule has 0 saturated heterocycles. The number of aromatic nitrogens is 3. The summed E-state index contributed by atoms with van der Waals surface area (Å²) in [5.74, 6) is 0.801. The second-order valence-electron chi connectivity index (χ2n) is 5.29. The van der Waals surface area contributed by atoms with E-state index >= 15 is 0 Å². The predicted molar refractivity (Wildman–Crippen MR) is 79.5 cm³/mol. The molecule has 0 aliphatic carbocycles. The van der Waals surface area contributed by atoms with Crippen molar-refractivity contribution in [3.63, 3.8) is 0 Å². The van der Waals surface area contributed by atoms with Gasteiger partial charge < -0.3 is 4.90 Å². The van der Waals surface area contributed by atoms with Gasteiger partial charge in [0, 0.05) is 19.2 Å². The summed E-state index contributed by atoms with van der Waals surface area (Å²) in [7, 11) is 3.98. The molecular formula is C15H18N4O. The number of rotatable bonds is 3. The van der Waals surface area contributed by atoms with E-state index in [2.05, 4.69) is 17.2 Å². The van der Waals surface area contributed by atoms with Gasteiger partial charge in [-0.25, -0.2) is 9.48 Å². The minimum Gasteiger partial charge on any atom is -0.308 e. The van der Waals surface area contributed by atoms with E-state index in [1.807, 2.05) is 43.4 Å². The van der Waals surface area contributed by atoms with E-state index < -0.39 is 0 Å². The zero-order chi connectivity index (χ0) is 14.1. The maximum Gasteiger partial charge on any atom is 0.350 e. The third-order valence-electron chi connectivity index (χ3n) is 3.51. The Morgan fingerprint density at radius 3 is 2.90 bits per heavy atom. The number of fused-ring (bicyclic) bond motifs is 2. The van der Waals surface area contributed by atoms with E-state index in [0.29, 0.717) is 13.0 Å². The molecular weight excluding hydrogens is 252 g/mol. The Balaban J connectivity index is 1.97. The van der Waals surface area contributed by atoms with Gasteiger partial charge in [0.1, 0.15) is 5.82 Å². The lowest BCUT2D eigenvalue weighted by atomic mass is 10.1. The molecule has 1 aliphatic rings. The molecule has 0 fully saturated rings. The Bertz CT molecular complexity index is 709. The number of hydrogen-bond donors (Lipinski definition) is 0. The quantitative estimate of drug-likeness (QED) is 0.717. The lowest BCUT2D eigenvalue weighted by molar-refractivity contribution is 0.369. The average molecular weight is 270 g/mol. The average Bonchev–Trinajstić information content (AvgIpc) is 2.61. The van der Waals surface area contributed by atoms with Crippen LogP contribution in [0.2, 0.25) is 0 Å². The van der Waals surface area contributed by atoms with Crippen LogP contribution in [0.4, 0.5) is 0 Å². The monoisotopic (exact) mass is 270 g/mol. The van der Waals surface area contributed by atoms with Crippen LogP contribution in [0, 0.1) is 0 Å². The second kappa shape index (κ2) is 5.09. The van der Waals surface area contributed by atoms with Crippen molar-refractivity contribution in [3.05, 3.63) is 51.7 Å². The van der Waals surface area contributed by atoms with E-state index in [1.54, 1.807) is 9.25 Å². The Morgan fingerprint density at radius 1 is 1.30 bits per heavy atom. The highest BCUT2D eigenvalue weighted by atomic mass is 16.2. The van der Waals surface area contributed by atoms with E-state index in [0.717, 1.165) is 17.9 Å². The summed E-state index contributed by atoms with van der Waals surface area (Å²) in [6.07, 6.45) is 4.49. The summed E-state index contributed by atoms with van der Waals surface area (Å²) >= 11 is 0. The van der Waals surface area contributed by atoms with Crippen LogP contribution in [0.3, 0.4) is 0 Å². The Kier molecular flexibility index (Phi) is 3.28. The highest BCUT2D eigenvalue weighted by molar-refractivity contribution is 5.65. The molecule has 0 unspecified atom stereocenters. The lowest BCUT2D eigenvalue weighted by Crippen LogP contribution is -2.27. The SMILES string of the molecule is CN(C)CCn1nc2n(c1=O)C=Cc1ccccc1C2. The second-order valence-corrected chi connectivity index (χ2v) is 5.29. The topological polar surface area (TPSA) is 43.1 Å². The lowest BCUT2D eigenvalue weighted by Gasteiger charge is -2.07. The first-order chi connectivity index (χ1) is 9.65. The fraction of sp³-hybridized carbons (Fsp3) is 0.333. The van der Waals surface area contributed by atoms with Gasteiger partial charge in [0.05, 0.1) is 6.54 Å². The van der Waals surface area contributed by atoms with Crippen LogP contribution in [-0.2, 0) is 13.0 Å². The van der Waals surface area contributed by atoms with Gasteiger partial charge in [0.15, 0.2) is 0 Å². The van der Waals surface area contributed by atoms with Gasteiger partial charge in [-0.1, -0.05) is 24.3 Å². The molecule has 1 aromatic heterocycles. The summed E-state index contributed by atoms with van der Waals surface area (Å²) in [5.41, 5.74) is 2.29. The van der Waals surface area contributed by atoms with Crippen molar-refractivity contribution in [2.24, 2.45) is 0 Å². The molecule has 5 heteroatoms. The highest BCUT2D eigenvalue weighted by Gasteiger charge is 2.15. The molecule has 0 N–H and O–H groups in total. The molecule has 0 amide bonds. The van der Waals surface area contributed by atoms with Crippen molar-refractivity contribution in [2.75, 3.05) is 20.6 Å². The van der Waals surface area contributed by atoms with Crippen molar-refractivity contribution in [1.82, 2.24) is 19.2 Å². The van der Waals surface area contributed by atoms with Gasteiger partial charge in [-0.2, -0.15) is 5.10 Å². The first-order valence-electron chi connectivity index (χ1n) is 6.74. The minimum atomic E-state index is -0.0640. The number of likely N-dealkylation sites (N-methyl/N-ethyl adjacent to an activating group) is 1. The number of benzene rings is 1. The fourth-order valence-corrected chi connectivity index (χ4v) is 2.36. The van der Waals surface area contributed by atoms with Crippen molar-refractivity contribution >= 4 is 12.3 Å². The third kappa shape index (κ3) is 2.32. The van der Waals surface area contributed by atoms with E-state index in [-0.39, 0.29) is 5.69 Å². The molecule has 2 aromatic rings. The smallest absolute Gasteiger partial charge is 0.308 e. The van der Waals surface area contributed by atoms with E-state index in [1.165, 1.54) is 5.56 Å². The van der Waals surface area contributed by atoms with Crippen LogP contribution in [0.15, 0.2) is 29.1 Å². The van der Waals surface area contributed by atoms with Crippen LogP contribution < -0.4 is 5.69 Å². The van der Waals surface area contributed by atoms with Crippen LogP contribution in [0.1, 0.15) is 17.0 Å². The van der Waals surface area contributed by atoms with Crippen molar-refractivity contribution in [3.8, 4) is 0 Å². The Morgan fingerprint density at radius 2 is 2.10 bits per heavy atom. The standard InChI is InChI=1S/C15H18N4O/c1-17(2)9-10-19-15(20)18-8-7-12-5-3-4-6-13(12)11-14(18)16-19/h3-8H,9-11H2,1-2H3. The molecule has 0 atom stereocenters. The van der Waals surface area contributed by atoms with Gasteiger partial charge in [0.25, 0.3) is 0 Å². The molecule has 3 rings (SSSR count). The molecule has 1 aromatic carbocycles. The third-order valence-corrected chi connectivity index (χ3v) is 3.51. The normalized spacial score (nSPS) is 13.2. The van der Waals surface area contributed by atoms with Crippen LogP contribution in [0.25, 0.3) is 12.3 Å². The highest BCUT2D eigenvalue weighted by Crippen LogP contribution is 2.18. The Labute approximate surface area is 117 Å². The predicted octanol–water partition coefficient (Wildman–Crippen LogP) is 1.14. The molecule has 0 bridgehead atoms. The summed E-state index contributed by atoms with van der Waals surface area (Å²) < 4.78 is 3.20. The van der Waals surface area contributed by atoms with E-state index in [4.69, 9.17) is 0 Å². The van der Waals surface area contributed by atoms with E-state index in [9.17, 15) is 4.79 Å². The summed E-state index contributed by atoms with van der Waals surface area (Å²) in [5, 5.41) is 4.47. The summed E-state index contributed by atoms with van der Waals surface area (Å²) in [6, 6.07) is 8.16. The maximum atomic E-state index is 12.3. The van der Waals surface area contributed by atoms with Crippen LogP contribution in [-0.4, -0.2) is 39.9 Å². The number of nitrogens with zero attached hydrogens (tertiary/aromatic N) is 4. The van der Waals surface area contributed by atoms with Crippen molar-refractivity contribution in [1.29, 1.82) is 0 Å². The molecule has 0 saturated carbocycles. The molecule has 1 aliphatic heterocycles. The number of hydrogen-bond acceptors (Lipinski definition) is 3. The van der Waals surface area contributed by atoms with Crippen LogP contribution >= 0.6 is 0 Å². The van der Waals surface area contributed by atoms with Gasteiger partial charge >= 0.3 is 5.69 Å². The van der Waals surface area contributed by atoms with Gasteiger partial charge in [-0.15, -0.1) is 0 Å². The largest absolute Gasteiger partial charge is 0.350 e. The summed E-state index contributed by atoms with van der Waals surface area (Å²) in [4.78, 5) is 14.4. The first-order valence-corrected chi connectivity index (χ1v) is 6.74. The van der Waals surface area contributed by atoms with Gasteiger partial charge in [-0.05, 0) is 31.3 Å². The zero-order valence-corrected chi connectivity index (χ0v) is 11.8. The van der Waals surface area contributed by atoms with Crippen molar-refractivity contribution in [2.45, 2.75) is 13.0 Å². The zero-order valence-electron chi connectivity index (χ0n) is 11.8. The molecule has 104 valence electrons. The molecule has 2 heterocycles. The fourth-order valence-electron chi connectivity index (χ4n) is 2.36.